The summed E-state index contributed by atoms with van der Waals surface area (Å²) in [7, 11) is 0. The summed E-state index contributed by atoms with van der Waals surface area (Å²) >= 11 is 0. The number of hydrogen-bond donors (Lipinski definition) is 2. The summed E-state index contributed by atoms with van der Waals surface area (Å²) < 4.78 is 36.9. The molecule has 8 heteroatoms. The second kappa shape index (κ2) is 4.37. The quantitative estimate of drug-likeness (QED) is 0.858. The molecule has 0 aliphatic rings. The average molecular weight is 258 g/mol. The molecule has 0 amide bonds. The SMILES string of the molecule is Cc1n[nH]nc1C(O)c1ccc(C(F)(F)F)nc1. The number of hydrogen-bond acceptors (Lipinski definition) is 4. The van der Waals surface area contributed by atoms with Crippen molar-refractivity contribution >= 4 is 0 Å². The Hall–Kier alpha value is -1.96. The molecule has 2 heterocycles. The molecule has 0 saturated carbocycles. The second-order valence-corrected chi connectivity index (χ2v) is 3.67. The van der Waals surface area contributed by atoms with Crippen LogP contribution in [0.1, 0.15) is 28.7 Å². The first kappa shape index (κ1) is 12.5. The summed E-state index contributed by atoms with van der Waals surface area (Å²) in [6.07, 6.45) is -4.67. The zero-order chi connectivity index (χ0) is 13.3. The molecule has 2 rings (SSSR count). The average Bonchev–Trinajstić information content (AvgIpc) is 2.73. The fraction of sp³-hybridized carbons (Fsp3) is 0.300. The largest absolute Gasteiger partial charge is 0.433 e. The topological polar surface area (TPSA) is 74.7 Å². The van der Waals surface area contributed by atoms with Gasteiger partial charge in [0, 0.05) is 11.8 Å². The molecule has 1 atom stereocenters. The molecule has 0 saturated heterocycles. The van der Waals surface area contributed by atoms with Gasteiger partial charge in [-0.15, -0.1) is 0 Å². The number of pyridine rings is 1. The van der Waals surface area contributed by atoms with Crippen molar-refractivity contribution in [2.75, 3.05) is 0 Å². The lowest BCUT2D eigenvalue weighted by molar-refractivity contribution is -0.141. The van der Waals surface area contributed by atoms with E-state index in [4.69, 9.17) is 0 Å². The third-order valence-electron chi connectivity index (χ3n) is 2.41. The van der Waals surface area contributed by atoms with Crippen molar-refractivity contribution in [3.8, 4) is 0 Å². The van der Waals surface area contributed by atoms with Gasteiger partial charge >= 0.3 is 6.18 Å². The minimum atomic E-state index is -4.49. The number of aromatic amines is 1. The van der Waals surface area contributed by atoms with Gasteiger partial charge < -0.3 is 5.11 Å². The maximum atomic E-state index is 12.3. The van der Waals surface area contributed by atoms with Gasteiger partial charge in [-0.3, -0.25) is 4.98 Å². The van der Waals surface area contributed by atoms with Crippen LogP contribution >= 0.6 is 0 Å². The highest BCUT2D eigenvalue weighted by Gasteiger charge is 2.32. The summed E-state index contributed by atoms with van der Waals surface area (Å²) in [6, 6.07) is 1.97. The Kier molecular flexibility index (Phi) is 3.04. The molecule has 2 aromatic rings. The van der Waals surface area contributed by atoms with Crippen molar-refractivity contribution in [3.63, 3.8) is 0 Å². The number of nitrogens with one attached hydrogen (secondary N) is 1. The third-order valence-corrected chi connectivity index (χ3v) is 2.41. The van der Waals surface area contributed by atoms with Crippen molar-refractivity contribution in [2.24, 2.45) is 0 Å². The number of aliphatic hydroxyl groups excluding tert-OH is 1. The Morgan fingerprint density at radius 3 is 2.44 bits per heavy atom. The predicted molar refractivity (Wildman–Crippen MR) is 54.4 cm³/mol. The first-order chi connectivity index (χ1) is 8.39. The van der Waals surface area contributed by atoms with Crippen molar-refractivity contribution in [3.05, 3.63) is 41.0 Å². The Labute approximate surface area is 99.7 Å². The van der Waals surface area contributed by atoms with E-state index >= 15 is 0 Å². The van der Waals surface area contributed by atoms with Crippen LogP contribution in [0.25, 0.3) is 0 Å². The van der Waals surface area contributed by atoms with Crippen LogP contribution in [-0.2, 0) is 6.18 Å². The van der Waals surface area contributed by atoms with Crippen LogP contribution in [0.4, 0.5) is 13.2 Å². The van der Waals surface area contributed by atoms with Crippen LogP contribution in [0.2, 0.25) is 0 Å². The summed E-state index contributed by atoms with van der Waals surface area (Å²) in [5.41, 5.74) is -0.0470. The molecule has 0 aliphatic heterocycles. The van der Waals surface area contributed by atoms with Crippen molar-refractivity contribution in [1.29, 1.82) is 0 Å². The van der Waals surface area contributed by atoms with Crippen molar-refractivity contribution in [1.82, 2.24) is 20.4 Å². The molecule has 0 fully saturated rings. The van der Waals surface area contributed by atoms with E-state index in [9.17, 15) is 18.3 Å². The maximum absolute atomic E-state index is 12.3. The number of aromatic nitrogens is 4. The lowest BCUT2D eigenvalue weighted by Gasteiger charge is -2.10. The summed E-state index contributed by atoms with van der Waals surface area (Å²) in [4.78, 5) is 3.27. The Balaban J connectivity index is 2.28. The highest BCUT2D eigenvalue weighted by Crippen LogP contribution is 2.28. The van der Waals surface area contributed by atoms with E-state index in [-0.39, 0.29) is 11.3 Å². The number of alkyl halides is 3. The van der Waals surface area contributed by atoms with Gasteiger partial charge in [0.05, 0.1) is 5.69 Å². The van der Waals surface area contributed by atoms with Gasteiger partial charge in [0.2, 0.25) is 0 Å². The highest BCUT2D eigenvalue weighted by atomic mass is 19.4. The molecule has 0 aromatic carbocycles. The lowest BCUT2D eigenvalue weighted by atomic mass is 10.1. The maximum Gasteiger partial charge on any atom is 0.433 e. The number of halogens is 3. The monoisotopic (exact) mass is 258 g/mol. The normalized spacial score (nSPS) is 13.6. The van der Waals surface area contributed by atoms with Crippen LogP contribution in [0.3, 0.4) is 0 Å². The molecular formula is C10H9F3N4O. The van der Waals surface area contributed by atoms with Crippen molar-refractivity contribution in [2.45, 2.75) is 19.2 Å². The smallest absolute Gasteiger partial charge is 0.382 e. The third kappa shape index (κ3) is 2.33. The molecule has 0 bridgehead atoms. The molecule has 96 valence electrons. The summed E-state index contributed by atoms with van der Waals surface area (Å²) in [5.74, 6) is 0. The Bertz CT molecular complexity index is 535. The van der Waals surface area contributed by atoms with Crippen LogP contribution in [0.15, 0.2) is 18.3 Å². The first-order valence-electron chi connectivity index (χ1n) is 4.98. The molecule has 5 nitrogen and oxygen atoms in total. The molecule has 0 spiro atoms. The number of nitrogens with zero attached hydrogens (tertiary/aromatic N) is 3. The van der Waals surface area contributed by atoms with E-state index in [0.29, 0.717) is 5.69 Å². The van der Waals surface area contributed by atoms with Gasteiger partial charge in [0.25, 0.3) is 0 Å². The number of aryl methyl sites for hydroxylation is 1. The van der Waals surface area contributed by atoms with Gasteiger partial charge in [-0.05, 0) is 13.0 Å². The molecule has 0 aliphatic carbocycles. The number of rotatable bonds is 2. The molecule has 1 unspecified atom stereocenters. The molecule has 18 heavy (non-hydrogen) atoms. The molecule has 0 radical (unpaired) electrons. The second-order valence-electron chi connectivity index (χ2n) is 3.67. The standard InChI is InChI=1S/C10H9F3N4O/c1-5-8(16-17-15-5)9(18)6-2-3-7(14-4-6)10(11,12)13/h2-4,9,18H,1H3,(H,15,16,17). The Morgan fingerprint density at radius 2 is 2.00 bits per heavy atom. The fourth-order valence-corrected chi connectivity index (χ4v) is 1.44. The first-order valence-corrected chi connectivity index (χ1v) is 4.98. The zero-order valence-corrected chi connectivity index (χ0v) is 9.23. The lowest BCUT2D eigenvalue weighted by Crippen LogP contribution is -2.09. The van der Waals surface area contributed by atoms with E-state index in [2.05, 4.69) is 20.4 Å². The number of H-pyrrole nitrogens is 1. The fourth-order valence-electron chi connectivity index (χ4n) is 1.44. The van der Waals surface area contributed by atoms with Gasteiger partial charge in [-0.1, -0.05) is 6.07 Å². The minimum absolute atomic E-state index is 0.222. The zero-order valence-electron chi connectivity index (χ0n) is 9.23. The van der Waals surface area contributed by atoms with Gasteiger partial charge in [0.15, 0.2) is 0 Å². The van der Waals surface area contributed by atoms with Crippen molar-refractivity contribution < 1.29 is 18.3 Å². The number of aliphatic hydroxyl groups is 1. The van der Waals surface area contributed by atoms with E-state index in [1.54, 1.807) is 6.92 Å². The van der Waals surface area contributed by atoms with Gasteiger partial charge in [-0.2, -0.15) is 28.6 Å². The van der Waals surface area contributed by atoms with Crippen LogP contribution in [-0.4, -0.2) is 25.5 Å². The van der Waals surface area contributed by atoms with Gasteiger partial charge in [0.1, 0.15) is 17.5 Å². The van der Waals surface area contributed by atoms with E-state index in [1.165, 1.54) is 0 Å². The summed E-state index contributed by atoms with van der Waals surface area (Å²) in [6.45, 7) is 1.62. The predicted octanol–water partition coefficient (Wildman–Crippen LogP) is 1.61. The highest BCUT2D eigenvalue weighted by molar-refractivity contribution is 5.26. The molecule has 2 aromatic heterocycles. The van der Waals surface area contributed by atoms with E-state index in [0.717, 1.165) is 18.3 Å². The van der Waals surface area contributed by atoms with Crippen LogP contribution in [0.5, 0.6) is 0 Å². The van der Waals surface area contributed by atoms with Gasteiger partial charge in [-0.25, -0.2) is 0 Å². The van der Waals surface area contributed by atoms with E-state index < -0.39 is 18.0 Å². The van der Waals surface area contributed by atoms with Crippen LogP contribution < -0.4 is 0 Å². The molecular weight excluding hydrogens is 249 g/mol. The van der Waals surface area contributed by atoms with E-state index in [1.807, 2.05) is 0 Å². The minimum Gasteiger partial charge on any atom is -0.382 e. The summed E-state index contributed by atoms with van der Waals surface area (Å²) in [5, 5.41) is 19.7. The van der Waals surface area contributed by atoms with Crippen LogP contribution in [0, 0.1) is 6.92 Å². The molecule has 2 N–H and O–H groups in total. The Morgan fingerprint density at radius 1 is 1.28 bits per heavy atom.